The topological polar surface area (TPSA) is 60.6 Å². The molecule has 1 aromatic heterocycles. The van der Waals surface area contributed by atoms with Crippen molar-refractivity contribution in [3.8, 4) is 17.2 Å². The molecule has 0 atom stereocenters. The van der Waals surface area contributed by atoms with Gasteiger partial charge in [-0.3, -0.25) is 4.79 Å². The third-order valence-corrected chi connectivity index (χ3v) is 3.50. The predicted octanol–water partition coefficient (Wildman–Crippen LogP) is 2.71. The van der Waals surface area contributed by atoms with Crippen LogP contribution in [0.4, 0.5) is 0 Å². The normalized spacial score (nSPS) is 10.8. The zero-order valence-corrected chi connectivity index (χ0v) is 12.0. The summed E-state index contributed by atoms with van der Waals surface area (Å²) in [6.07, 6.45) is 0. The van der Waals surface area contributed by atoms with Crippen molar-refractivity contribution < 1.29 is 14.2 Å². The quantitative estimate of drug-likeness (QED) is 0.752. The third-order valence-electron chi connectivity index (χ3n) is 3.50. The van der Waals surface area contributed by atoms with Gasteiger partial charge in [0.25, 0.3) is 0 Å². The molecule has 0 amide bonds. The molecule has 1 N–H and O–H groups in total. The van der Waals surface area contributed by atoms with Crippen LogP contribution in [0.5, 0.6) is 17.2 Å². The second kappa shape index (κ2) is 5.01. The Morgan fingerprint density at radius 1 is 0.905 bits per heavy atom. The highest BCUT2D eigenvalue weighted by Crippen LogP contribution is 2.41. The van der Waals surface area contributed by atoms with Gasteiger partial charge in [-0.25, -0.2) is 0 Å². The molecule has 0 aliphatic heterocycles. The number of H-pyrrole nitrogens is 1. The van der Waals surface area contributed by atoms with Crippen molar-refractivity contribution in [2.45, 2.75) is 0 Å². The summed E-state index contributed by atoms with van der Waals surface area (Å²) < 4.78 is 16.0. The molecule has 3 aromatic rings. The number of para-hydroxylation sites is 1. The maximum absolute atomic E-state index is 12.7. The molecule has 0 spiro atoms. The molecule has 0 radical (unpaired) electrons. The summed E-state index contributed by atoms with van der Waals surface area (Å²) in [5.74, 6) is 1.29. The van der Waals surface area contributed by atoms with Crippen molar-refractivity contribution in [2.75, 3.05) is 21.3 Å². The van der Waals surface area contributed by atoms with E-state index in [2.05, 4.69) is 4.98 Å². The van der Waals surface area contributed by atoms with E-state index < -0.39 is 0 Å². The highest BCUT2D eigenvalue weighted by molar-refractivity contribution is 5.98. The number of benzene rings is 2. The van der Waals surface area contributed by atoms with Crippen molar-refractivity contribution in [3.63, 3.8) is 0 Å². The summed E-state index contributed by atoms with van der Waals surface area (Å²) in [6.45, 7) is 0. The Bertz CT molecular complexity index is 883. The van der Waals surface area contributed by atoms with Crippen LogP contribution in [0.2, 0.25) is 0 Å². The lowest BCUT2D eigenvalue weighted by molar-refractivity contribution is 0.327. The molecule has 3 rings (SSSR count). The maximum Gasteiger partial charge on any atom is 0.204 e. The molecule has 0 bridgehead atoms. The Morgan fingerprint density at radius 2 is 1.62 bits per heavy atom. The molecule has 5 heteroatoms. The van der Waals surface area contributed by atoms with Gasteiger partial charge in [-0.15, -0.1) is 0 Å². The van der Waals surface area contributed by atoms with Gasteiger partial charge in [-0.1, -0.05) is 12.1 Å². The number of pyridine rings is 1. The Labute approximate surface area is 121 Å². The molecule has 0 aliphatic rings. The van der Waals surface area contributed by atoms with Crippen molar-refractivity contribution >= 4 is 21.8 Å². The van der Waals surface area contributed by atoms with Crippen LogP contribution >= 0.6 is 0 Å². The average molecular weight is 285 g/mol. The third kappa shape index (κ3) is 1.89. The summed E-state index contributed by atoms with van der Waals surface area (Å²) in [4.78, 5) is 16.0. The van der Waals surface area contributed by atoms with Crippen LogP contribution in [-0.4, -0.2) is 26.3 Å². The number of methoxy groups -OCH3 is 3. The fraction of sp³-hybridized carbons (Fsp3) is 0.188. The number of aromatic amines is 1. The first-order valence-electron chi connectivity index (χ1n) is 6.45. The Hall–Kier alpha value is -2.69. The van der Waals surface area contributed by atoms with E-state index in [0.29, 0.717) is 33.5 Å². The largest absolute Gasteiger partial charge is 0.493 e. The van der Waals surface area contributed by atoms with E-state index in [1.165, 1.54) is 14.2 Å². The lowest BCUT2D eigenvalue weighted by Crippen LogP contribution is -2.07. The van der Waals surface area contributed by atoms with Gasteiger partial charge >= 0.3 is 0 Å². The van der Waals surface area contributed by atoms with E-state index in [1.54, 1.807) is 19.2 Å². The maximum atomic E-state index is 12.7. The smallest absolute Gasteiger partial charge is 0.204 e. The Morgan fingerprint density at radius 3 is 2.29 bits per heavy atom. The minimum absolute atomic E-state index is 0.0999. The fourth-order valence-electron chi connectivity index (χ4n) is 2.55. The van der Waals surface area contributed by atoms with Gasteiger partial charge in [0, 0.05) is 17.0 Å². The van der Waals surface area contributed by atoms with Crippen LogP contribution in [0.3, 0.4) is 0 Å². The van der Waals surface area contributed by atoms with Gasteiger partial charge in [-0.05, 0) is 12.1 Å². The summed E-state index contributed by atoms with van der Waals surface area (Å²) in [7, 11) is 4.56. The van der Waals surface area contributed by atoms with Crippen molar-refractivity contribution in [1.82, 2.24) is 4.98 Å². The van der Waals surface area contributed by atoms with Crippen LogP contribution in [0.25, 0.3) is 21.8 Å². The number of aromatic nitrogens is 1. The van der Waals surface area contributed by atoms with E-state index in [4.69, 9.17) is 14.2 Å². The summed E-state index contributed by atoms with van der Waals surface area (Å²) in [5, 5.41) is 1.06. The summed E-state index contributed by atoms with van der Waals surface area (Å²) in [6, 6.07) is 9.09. The van der Waals surface area contributed by atoms with Gasteiger partial charge < -0.3 is 19.2 Å². The van der Waals surface area contributed by atoms with E-state index in [-0.39, 0.29) is 5.43 Å². The van der Waals surface area contributed by atoms with E-state index in [1.807, 2.05) is 18.2 Å². The van der Waals surface area contributed by atoms with Gasteiger partial charge in [0.2, 0.25) is 11.2 Å². The lowest BCUT2D eigenvalue weighted by Gasteiger charge is -2.14. The van der Waals surface area contributed by atoms with Crippen molar-refractivity contribution in [3.05, 3.63) is 40.6 Å². The highest BCUT2D eigenvalue weighted by atomic mass is 16.5. The van der Waals surface area contributed by atoms with E-state index >= 15 is 0 Å². The molecular formula is C16H15NO4. The van der Waals surface area contributed by atoms with Gasteiger partial charge in [-0.2, -0.15) is 0 Å². The first kappa shape index (κ1) is 13.3. The summed E-state index contributed by atoms with van der Waals surface area (Å²) in [5.41, 5.74) is 1.31. The molecule has 0 fully saturated rings. The van der Waals surface area contributed by atoms with Crippen LogP contribution in [0.15, 0.2) is 35.1 Å². The standard InChI is InChI=1S/C16H15NO4/c1-19-12-8-11-13(16(21-3)15(12)20-2)14(18)9-6-4-5-7-10(9)17-11/h4-8H,1-3H3,(H,17,18). The Balaban J connectivity index is 2.57. The van der Waals surface area contributed by atoms with Gasteiger partial charge in [0.15, 0.2) is 11.5 Å². The number of ether oxygens (including phenoxy) is 3. The minimum atomic E-state index is -0.0999. The van der Waals surface area contributed by atoms with Crippen LogP contribution in [-0.2, 0) is 0 Å². The number of fused-ring (bicyclic) bond motifs is 2. The lowest BCUT2D eigenvalue weighted by atomic mass is 10.1. The van der Waals surface area contributed by atoms with Crippen LogP contribution in [0.1, 0.15) is 0 Å². The fourth-order valence-corrected chi connectivity index (χ4v) is 2.55. The number of nitrogens with one attached hydrogen (secondary N) is 1. The molecule has 0 aliphatic carbocycles. The molecule has 0 unspecified atom stereocenters. The zero-order valence-electron chi connectivity index (χ0n) is 12.0. The SMILES string of the molecule is COc1cc2[nH]c3ccccc3c(=O)c2c(OC)c1OC. The van der Waals surface area contributed by atoms with Crippen molar-refractivity contribution in [2.24, 2.45) is 0 Å². The number of rotatable bonds is 3. The summed E-state index contributed by atoms with van der Waals surface area (Å²) >= 11 is 0. The zero-order chi connectivity index (χ0) is 15.0. The molecule has 108 valence electrons. The van der Waals surface area contributed by atoms with Crippen LogP contribution in [0, 0.1) is 0 Å². The van der Waals surface area contributed by atoms with Gasteiger partial charge in [0.1, 0.15) is 0 Å². The predicted molar refractivity (Wildman–Crippen MR) is 81.7 cm³/mol. The number of hydrogen-bond acceptors (Lipinski definition) is 4. The van der Waals surface area contributed by atoms with Gasteiger partial charge in [0.05, 0.1) is 32.2 Å². The average Bonchev–Trinajstić information content (AvgIpc) is 2.53. The number of hydrogen-bond donors (Lipinski definition) is 1. The van der Waals surface area contributed by atoms with E-state index in [0.717, 1.165) is 5.52 Å². The Kier molecular flexibility index (Phi) is 3.17. The molecule has 0 saturated carbocycles. The van der Waals surface area contributed by atoms with Crippen LogP contribution < -0.4 is 19.6 Å². The molecule has 21 heavy (non-hydrogen) atoms. The molecule has 0 saturated heterocycles. The second-order valence-electron chi connectivity index (χ2n) is 4.57. The first-order chi connectivity index (χ1) is 10.2. The molecule has 2 aromatic carbocycles. The first-order valence-corrected chi connectivity index (χ1v) is 6.45. The second-order valence-corrected chi connectivity index (χ2v) is 4.57. The molecule has 1 heterocycles. The molecule has 5 nitrogen and oxygen atoms in total. The molecular weight excluding hydrogens is 270 g/mol. The monoisotopic (exact) mass is 285 g/mol. The van der Waals surface area contributed by atoms with E-state index in [9.17, 15) is 4.79 Å². The minimum Gasteiger partial charge on any atom is -0.493 e. The van der Waals surface area contributed by atoms with Crippen molar-refractivity contribution in [1.29, 1.82) is 0 Å². The highest BCUT2D eigenvalue weighted by Gasteiger charge is 2.19.